The van der Waals surface area contributed by atoms with Crippen LogP contribution in [0, 0.1) is 15.9 Å². The highest BCUT2D eigenvalue weighted by Crippen LogP contribution is 2.32. The van der Waals surface area contributed by atoms with Gasteiger partial charge in [0.15, 0.2) is 11.6 Å². The van der Waals surface area contributed by atoms with Gasteiger partial charge in [-0.25, -0.2) is 14.0 Å². The van der Waals surface area contributed by atoms with Gasteiger partial charge in [-0.1, -0.05) is 11.6 Å². The SMILES string of the molecule is O=[N+]([O-])c1ccc(Cl)c(-c2ccc(/C=N/Nc3nc4nonc4nc3Nc3ccc(F)cc3)o2)c1. The molecule has 0 atom stereocenters. The van der Waals surface area contributed by atoms with Gasteiger partial charge in [0, 0.05) is 23.4 Å². The molecule has 2 aromatic carbocycles. The smallest absolute Gasteiger partial charge is 0.270 e. The molecule has 14 heteroatoms. The number of benzene rings is 2. The highest BCUT2D eigenvalue weighted by molar-refractivity contribution is 6.33. The Bertz CT molecular complexity index is 1570. The fourth-order valence-corrected chi connectivity index (χ4v) is 3.22. The average molecular weight is 495 g/mol. The summed E-state index contributed by atoms with van der Waals surface area (Å²) in [5.41, 5.74) is 3.84. The summed E-state index contributed by atoms with van der Waals surface area (Å²) < 4.78 is 23.6. The van der Waals surface area contributed by atoms with E-state index in [1.807, 2.05) is 0 Å². The molecule has 0 aliphatic heterocycles. The minimum absolute atomic E-state index is 0.116. The summed E-state index contributed by atoms with van der Waals surface area (Å²) in [6.45, 7) is 0. The van der Waals surface area contributed by atoms with E-state index in [9.17, 15) is 14.5 Å². The van der Waals surface area contributed by atoms with Crippen LogP contribution < -0.4 is 10.7 Å². The van der Waals surface area contributed by atoms with Crippen molar-refractivity contribution in [3.05, 3.63) is 81.3 Å². The molecule has 0 saturated carbocycles. The largest absolute Gasteiger partial charge is 0.455 e. The van der Waals surface area contributed by atoms with E-state index in [1.54, 1.807) is 12.1 Å². The zero-order valence-electron chi connectivity index (χ0n) is 17.3. The maximum absolute atomic E-state index is 13.2. The summed E-state index contributed by atoms with van der Waals surface area (Å²) in [5.74, 6) is 0.696. The molecule has 0 fully saturated rings. The van der Waals surface area contributed by atoms with Gasteiger partial charge in [0.25, 0.3) is 5.69 Å². The number of fused-ring (bicyclic) bond motifs is 1. The monoisotopic (exact) mass is 494 g/mol. The van der Waals surface area contributed by atoms with E-state index < -0.39 is 4.92 Å². The van der Waals surface area contributed by atoms with Crippen LogP contribution in [0.2, 0.25) is 5.02 Å². The fourth-order valence-electron chi connectivity index (χ4n) is 3.01. The second kappa shape index (κ2) is 9.15. The van der Waals surface area contributed by atoms with Crippen LogP contribution in [0.5, 0.6) is 0 Å². The Morgan fingerprint density at radius 2 is 1.77 bits per heavy atom. The first kappa shape index (κ1) is 21.9. The Hall–Kier alpha value is -4.91. The molecule has 0 unspecified atom stereocenters. The van der Waals surface area contributed by atoms with Gasteiger partial charge in [0.1, 0.15) is 17.3 Å². The number of furan rings is 1. The quantitative estimate of drug-likeness (QED) is 0.176. The van der Waals surface area contributed by atoms with Gasteiger partial charge in [0.05, 0.1) is 16.2 Å². The molecule has 0 aliphatic rings. The van der Waals surface area contributed by atoms with Crippen LogP contribution in [0.15, 0.2) is 68.7 Å². The first-order valence-corrected chi connectivity index (χ1v) is 10.2. The molecule has 174 valence electrons. The first-order valence-electron chi connectivity index (χ1n) is 9.82. The zero-order valence-corrected chi connectivity index (χ0v) is 18.1. The molecule has 3 heterocycles. The third kappa shape index (κ3) is 4.74. The summed E-state index contributed by atoms with van der Waals surface area (Å²) in [6.07, 6.45) is 1.36. The number of anilines is 3. The number of aromatic nitrogens is 4. The maximum atomic E-state index is 13.2. The lowest BCUT2D eigenvalue weighted by atomic mass is 10.1. The number of nitro groups is 1. The molecule has 0 radical (unpaired) electrons. The second-order valence-corrected chi connectivity index (χ2v) is 7.36. The van der Waals surface area contributed by atoms with Crippen molar-refractivity contribution in [1.82, 2.24) is 20.3 Å². The van der Waals surface area contributed by atoms with Gasteiger partial charge in [-0.15, -0.1) is 0 Å². The van der Waals surface area contributed by atoms with Crippen molar-refractivity contribution in [1.29, 1.82) is 0 Å². The van der Waals surface area contributed by atoms with Crippen LogP contribution in [-0.4, -0.2) is 31.4 Å². The molecule has 0 bridgehead atoms. The van der Waals surface area contributed by atoms with E-state index in [0.717, 1.165) is 0 Å². The zero-order chi connectivity index (χ0) is 24.4. The molecule has 0 amide bonds. The molecule has 5 aromatic rings. The number of nitrogens with zero attached hydrogens (tertiary/aromatic N) is 6. The number of halogens is 2. The van der Waals surface area contributed by atoms with Crippen molar-refractivity contribution in [2.45, 2.75) is 0 Å². The number of hydrogen-bond donors (Lipinski definition) is 2. The van der Waals surface area contributed by atoms with E-state index in [4.69, 9.17) is 16.0 Å². The number of hydrazone groups is 1. The van der Waals surface area contributed by atoms with Crippen LogP contribution in [-0.2, 0) is 0 Å². The minimum atomic E-state index is -0.519. The Morgan fingerprint density at radius 1 is 1.03 bits per heavy atom. The highest BCUT2D eigenvalue weighted by Gasteiger charge is 2.15. The Labute approximate surface area is 199 Å². The number of rotatable bonds is 7. The predicted molar refractivity (Wildman–Crippen MR) is 124 cm³/mol. The summed E-state index contributed by atoms with van der Waals surface area (Å²) in [4.78, 5) is 19.1. The van der Waals surface area contributed by atoms with Crippen LogP contribution in [0.1, 0.15) is 5.76 Å². The number of hydrogen-bond acceptors (Lipinski definition) is 11. The summed E-state index contributed by atoms with van der Waals surface area (Å²) in [5, 5.41) is 25.8. The van der Waals surface area contributed by atoms with Gasteiger partial charge in [-0.3, -0.25) is 15.5 Å². The van der Waals surface area contributed by atoms with Gasteiger partial charge < -0.3 is 9.73 Å². The summed E-state index contributed by atoms with van der Waals surface area (Å²) in [7, 11) is 0. The molecule has 0 saturated heterocycles. The fraction of sp³-hybridized carbons (Fsp3) is 0. The van der Waals surface area contributed by atoms with Crippen molar-refractivity contribution in [3.8, 4) is 11.3 Å². The maximum Gasteiger partial charge on any atom is 0.270 e. The molecule has 0 aliphatic carbocycles. The lowest BCUT2D eigenvalue weighted by Crippen LogP contribution is -2.03. The van der Waals surface area contributed by atoms with E-state index in [-0.39, 0.29) is 34.4 Å². The van der Waals surface area contributed by atoms with Crippen molar-refractivity contribution < 1.29 is 18.4 Å². The van der Waals surface area contributed by atoms with Crippen molar-refractivity contribution in [2.24, 2.45) is 5.10 Å². The first-order chi connectivity index (χ1) is 17.0. The molecule has 5 rings (SSSR count). The van der Waals surface area contributed by atoms with Crippen LogP contribution >= 0.6 is 11.6 Å². The molecular formula is C21H12ClFN8O4. The topological polar surface area (TPSA) is 157 Å². The predicted octanol–water partition coefficient (Wildman–Crippen LogP) is 5.16. The van der Waals surface area contributed by atoms with Gasteiger partial charge in [-0.05, 0) is 52.8 Å². The lowest BCUT2D eigenvalue weighted by molar-refractivity contribution is -0.384. The summed E-state index contributed by atoms with van der Waals surface area (Å²) >= 11 is 6.17. The van der Waals surface area contributed by atoms with Crippen LogP contribution in [0.25, 0.3) is 22.6 Å². The van der Waals surface area contributed by atoms with E-state index >= 15 is 0 Å². The highest BCUT2D eigenvalue weighted by atomic mass is 35.5. The van der Waals surface area contributed by atoms with Gasteiger partial charge in [0.2, 0.25) is 11.3 Å². The Morgan fingerprint density at radius 3 is 2.51 bits per heavy atom. The molecule has 12 nitrogen and oxygen atoms in total. The Kier molecular flexibility index (Phi) is 5.73. The van der Waals surface area contributed by atoms with Gasteiger partial charge >= 0.3 is 0 Å². The molecule has 0 spiro atoms. The minimum Gasteiger partial charge on any atom is -0.455 e. The molecule has 3 aromatic heterocycles. The lowest BCUT2D eigenvalue weighted by Gasteiger charge is -2.09. The van der Waals surface area contributed by atoms with E-state index in [2.05, 4.69) is 40.8 Å². The van der Waals surface area contributed by atoms with Crippen LogP contribution in [0.3, 0.4) is 0 Å². The number of non-ortho nitro benzene ring substituents is 1. The van der Waals surface area contributed by atoms with Crippen LogP contribution in [0.4, 0.5) is 27.4 Å². The molecular weight excluding hydrogens is 483 g/mol. The van der Waals surface area contributed by atoms with Gasteiger partial charge in [-0.2, -0.15) is 10.1 Å². The average Bonchev–Trinajstić information content (AvgIpc) is 3.50. The molecule has 2 N–H and O–H groups in total. The number of nitrogens with one attached hydrogen (secondary N) is 2. The van der Waals surface area contributed by atoms with E-state index in [0.29, 0.717) is 27.8 Å². The normalized spacial score (nSPS) is 11.3. The van der Waals surface area contributed by atoms with Crippen molar-refractivity contribution in [2.75, 3.05) is 10.7 Å². The number of nitro benzene ring substituents is 1. The molecule has 35 heavy (non-hydrogen) atoms. The van der Waals surface area contributed by atoms with Crippen molar-refractivity contribution in [3.63, 3.8) is 0 Å². The standard InChI is InChI=1S/C21H12ClFN8O4/c22-16-7-5-13(31(32)33)9-15(16)17-8-6-14(34-17)10-24-28-19-18(25-12-3-1-11(23)2-4-12)26-20-21(27-19)30-35-29-20/h1-10H,(H,25,26,29)(H,27,28,30)/b24-10+. The summed E-state index contributed by atoms with van der Waals surface area (Å²) in [6, 6.07) is 12.9. The van der Waals surface area contributed by atoms with Crippen molar-refractivity contribution >= 4 is 52.1 Å². The van der Waals surface area contributed by atoms with E-state index in [1.165, 1.54) is 48.7 Å². The Balaban J connectivity index is 1.38. The second-order valence-electron chi connectivity index (χ2n) is 6.96. The third-order valence-corrected chi connectivity index (χ3v) is 4.97. The third-order valence-electron chi connectivity index (χ3n) is 4.64.